The molecular formula is C17H23Cl2NO4. The lowest BCUT2D eigenvalue weighted by Crippen LogP contribution is -2.45. The quantitative estimate of drug-likeness (QED) is 0.645. The second-order valence-electron chi connectivity index (χ2n) is 5.52. The molecule has 5 nitrogen and oxygen atoms in total. The number of hydrogen-bond donors (Lipinski definition) is 0. The van der Waals surface area contributed by atoms with Gasteiger partial charge in [0.15, 0.2) is 6.10 Å². The van der Waals surface area contributed by atoms with E-state index in [2.05, 4.69) is 0 Å². The molecule has 1 unspecified atom stereocenters. The molecule has 1 amide bonds. The van der Waals surface area contributed by atoms with Gasteiger partial charge < -0.3 is 14.4 Å². The van der Waals surface area contributed by atoms with Gasteiger partial charge in [0.25, 0.3) is 5.91 Å². The lowest BCUT2D eigenvalue weighted by molar-refractivity contribution is -0.145. The number of benzene rings is 1. The van der Waals surface area contributed by atoms with E-state index in [-0.39, 0.29) is 30.9 Å². The van der Waals surface area contributed by atoms with E-state index in [1.54, 1.807) is 36.9 Å². The van der Waals surface area contributed by atoms with Crippen molar-refractivity contribution in [2.24, 2.45) is 0 Å². The number of hydrogen-bond acceptors (Lipinski definition) is 4. The Hall–Kier alpha value is -1.46. The Morgan fingerprint density at radius 2 is 1.88 bits per heavy atom. The molecule has 1 rings (SSSR count). The maximum atomic E-state index is 12.6. The van der Waals surface area contributed by atoms with Crippen molar-refractivity contribution in [3.8, 4) is 5.75 Å². The van der Waals surface area contributed by atoms with Crippen LogP contribution < -0.4 is 4.74 Å². The number of rotatable bonds is 8. The zero-order chi connectivity index (χ0) is 18.3. The number of carbonyl (C=O) groups excluding carboxylic acids is 2. The summed E-state index contributed by atoms with van der Waals surface area (Å²) in [5.41, 5.74) is 0. The van der Waals surface area contributed by atoms with Crippen LogP contribution in [0.2, 0.25) is 10.0 Å². The summed E-state index contributed by atoms with van der Waals surface area (Å²) in [5.74, 6) is -0.165. The Morgan fingerprint density at radius 3 is 2.42 bits per heavy atom. The van der Waals surface area contributed by atoms with E-state index >= 15 is 0 Å². The molecule has 1 aromatic rings. The number of esters is 1. The third kappa shape index (κ3) is 6.21. The van der Waals surface area contributed by atoms with Gasteiger partial charge in [-0.3, -0.25) is 9.59 Å². The van der Waals surface area contributed by atoms with Crippen molar-refractivity contribution < 1.29 is 19.1 Å². The molecule has 0 aromatic heterocycles. The molecule has 24 heavy (non-hydrogen) atoms. The first kappa shape index (κ1) is 20.6. The van der Waals surface area contributed by atoms with Crippen LogP contribution in [0.5, 0.6) is 5.75 Å². The molecular weight excluding hydrogens is 353 g/mol. The van der Waals surface area contributed by atoms with Crippen molar-refractivity contribution in [3.63, 3.8) is 0 Å². The van der Waals surface area contributed by atoms with E-state index in [9.17, 15) is 9.59 Å². The van der Waals surface area contributed by atoms with Crippen molar-refractivity contribution in [2.75, 3.05) is 13.2 Å². The fraction of sp³-hybridized carbons (Fsp3) is 0.529. The van der Waals surface area contributed by atoms with Gasteiger partial charge in [0.05, 0.1) is 18.1 Å². The lowest BCUT2D eigenvalue weighted by atomic mass is 10.2. The molecule has 0 saturated heterocycles. The monoisotopic (exact) mass is 375 g/mol. The van der Waals surface area contributed by atoms with Gasteiger partial charge in [-0.1, -0.05) is 23.2 Å². The van der Waals surface area contributed by atoms with Gasteiger partial charge >= 0.3 is 5.97 Å². The van der Waals surface area contributed by atoms with Gasteiger partial charge in [-0.2, -0.15) is 0 Å². The van der Waals surface area contributed by atoms with Crippen LogP contribution >= 0.6 is 23.2 Å². The summed E-state index contributed by atoms with van der Waals surface area (Å²) >= 11 is 11.9. The minimum absolute atomic E-state index is 0.0707. The van der Waals surface area contributed by atoms with Gasteiger partial charge in [-0.25, -0.2) is 0 Å². The van der Waals surface area contributed by atoms with Crippen LogP contribution in [0.3, 0.4) is 0 Å². The third-order valence-electron chi connectivity index (χ3n) is 3.31. The molecule has 0 N–H and O–H groups in total. The fourth-order valence-electron chi connectivity index (χ4n) is 2.11. The molecule has 0 aliphatic rings. The molecule has 0 aliphatic carbocycles. The van der Waals surface area contributed by atoms with Gasteiger partial charge in [0, 0.05) is 17.6 Å². The maximum absolute atomic E-state index is 12.6. The van der Waals surface area contributed by atoms with Crippen LogP contribution in [0.4, 0.5) is 0 Å². The van der Waals surface area contributed by atoms with Crippen LogP contribution in [-0.2, 0) is 14.3 Å². The van der Waals surface area contributed by atoms with E-state index in [0.717, 1.165) is 0 Å². The van der Waals surface area contributed by atoms with Crippen molar-refractivity contribution in [2.45, 2.75) is 46.3 Å². The average Bonchev–Trinajstić information content (AvgIpc) is 2.49. The summed E-state index contributed by atoms with van der Waals surface area (Å²) in [6.45, 7) is 7.75. The Morgan fingerprint density at radius 1 is 1.21 bits per heavy atom. The number of nitrogens with zero attached hydrogens (tertiary/aromatic N) is 1. The molecule has 1 atom stereocenters. The Bertz CT molecular complexity index is 578. The second kappa shape index (κ2) is 9.74. The topological polar surface area (TPSA) is 55.8 Å². The maximum Gasteiger partial charge on any atom is 0.307 e. The van der Waals surface area contributed by atoms with Crippen LogP contribution in [0.25, 0.3) is 0 Å². The summed E-state index contributed by atoms with van der Waals surface area (Å²) < 4.78 is 10.5. The summed E-state index contributed by atoms with van der Waals surface area (Å²) in [4.78, 5) is 25.7. The first-order valence-corrected chi connectivity index (χ1v) is 8.59. The van der Waals surface area contributed by atoms with E-state index in [4.69, 9.17) is 32.7 Å². The minimum atomic E-state index is -0.742. The number of halogens is 2. The SMILES string of the molecule is CCOC(=O)CCN(C(=O)C(C)Oc1ccc(Cl)cc1Cl)C(C)C. The largest absolute Gasteiger partial charge is 0.479 e. The van der Waals surface area contributed by atoms with Gasteiger partial charge in [0.2, 0.25) is 0 Å². The van der Waals surface area contributed by atoms with Gasteiger partial charge in [0.1, 0.15) is 5.75 Å². The van der Waals surface area contributed by atoms with Crippen molar-refractivity contribution >= 4 is 35.1 Å². The van der Waals surface area contributed by atoms with Crippen LogP contribution in [0, 0.1) is 0 Å². The number of ether oxygens (including phenoxy) is 2. The molecule has 0 saturated carbocycles. The smallest absolute Gasteiger partial charge is 0.307 e. The number of carbonyl (C=O) groups is 2. The zero-order valence-corrected chi connectivity index (χ0v) is 15.9. The first-order chi connectivity index (χ1) is 11.3. The molecule has 7 heteroatoms. The highest BCUT2D eigenvalue weighted by Crippen LogP contribution is 2.28. The van der Waals surface area contributed by atoms with Crippen LogP contribution in [-0.4, -0.2) is 42.1 Å². The van der Waals surface area contributed by atoms with E-state index in [0.29, 0.717) is 22.4 Å². The summed E-state index contributed by atoms with van der Waals surface area (Å²) in [5, 5.41) is 0.828. The Kier molecular flexibility index (Phi) is 8.36. The third-order valence-corrected chi connectivity index (χ3v) is 3.84. The normalized spacial score (nSPS) is 12.0. The molecule has 0 heterocycles. The van der Waals surface area contributed by atoms with Crippen molar-refractivity contribution in [3.05, 3.63) is 28.2 Å². The Labute approximate surface area is 152 Å². The summed E-state index contributed by atoms with van der Waals surface area (Å²) in [6, 6.07) is 4.74. The van der Waals surface area contributed by atoms with Gasteiger partial charge in [-0.05, 0) is 45.9 Å². The van der Waals surface area contributed by atoms with Crippen LogP contribution in [0.15, 0.2) is 18.2 Å². The predicted octanol–water partition coefficient (Wildman–Crippen LogP) is 3.95. The molecule has 0 bridgehead atoms. The molecule has 134 valence electrons. The highest BCUT2D eigenvalue weighted by molar-refractivity contribution is 6.35. The Balaban J connectivity index is 2.73. The van der Waals surface area contributed by atoms with Crippen molar-refractivity contribution in [1.29, 1.82) is 0 Å². The van der Waals surface area contributed by atoms with Gasteiger partial charge in [-0.15, -0.1) is 0 Å². The summed E-state index contributed by atoms with van der Waals surface area (Å²) in [6.07, 6.45) is -0.597. The zero-order valence-electron chi connectivity index (χ0n) is 14.3. The molecule has 0 fully saturated rings. The molecule has 1 aromatic carbocycles. The minimum Gasteiger partial charge on any atom is -0.479 e. The highest BCUT2D eigenvalue weighted by Gasteiger charge is 2.25. The first-order valence-electron chi connectivity index (χ1n) is 7.84. The summed E-state index contributed by atoms with van der Waals surface area (Å²) in [7, 11) is 0. The average molecular weight is 376 g/mol. The fourth-order valence-corrected chi connectivity index (χ4v) is 2.57. The molecule has 0 aliphatic heterocycles. The van der Waals surface area contributed by atoms with E-state index < -0.39 is 6.10 Å². The number of amides is 1. The predicted molar refractivity (Wildman–Crippen MR) is 94.7 cm³/mol. The molecule has 0 spiro atoms. The van der Waals surface area contributed by atoms with E-state index in [1.807, 2.05) is 13.8 Å². The lowest BCUT2D eigenvalue weighted by Gasteiger charge is -2.29. The van der Waals surface area contributed by atoms with Crippen LogP contribution in [0.1, 0.15) is 34.1 Å². The molecule has 0 radical (unpaired) electrons. The van der Waals surface area contributed by atoms with Crippen molar-refractivity contribution in [1.82, 2.24) is 4.90 Å². The highest BCUT2D eigenvalue weighted by atomic mass is 35.5. The van der Waals surface area contributed by atoms with E-state index in [1.165, 1.54) is 0 Å². The second-order valence-corrected chi connectivity index (χ2v) is 6.36. The standard InChI is InChI=1S/C17H23Cl2NO4/c1-5-23-16(21)8-9-20(11(2)3)17(22)12(4)24-15-7-6-13(18)10-14(15)19/h6-7,10-12H,5,8-9H2,1-4H3.